The van der Waals surface area contributed by atoms with Gasteiger partial charge in [0.25, 0.3) is 0 Å². The van der Waals surface area contributed by atoms with E-state index in [0.717, 1.165) is 28.0 Å². The van der Waals surface area contributed by atoms with E-state index in [9.17, 15) is 9.59 Å². The molecule has 1 aliphatic carbocycles. The molecule has 0 heterocycles. The molecular formula is C23H24O4. The Morgan fingerprint density at radius 2 is 1.81 bits per heavy atom. The van der Waals surface area contributed by atoms with Gasteiger partial charge in [0, 0.05) is 5.92 Å². The fourth-order valence-corrected chi connectivity index (χ4v) is 3.68. The number of hydrogen-bond donors (Lipinski definition) is 0. The molecule has 3 rings (SSSR count). The highest BCUT2D eigenvalue weighted by Gasteiger charge is 2.40. The molecule has 0 amide bonds. The van der Waals surface area contributed by atoms with E-state index in [1.165, 1.54) is 0 Å². The lowest BCUT2D eigenvalue weighted by Crippen LogP contribution is -2.34. The maximum absolute atomic E-state index is 12.9. The lowest BCUT2D eigenvalue weighted by Gasteiger charge is -2.30. The quantitative estimate of drug-likeness (QED) is 0.586. The highest BCUT2D eigenvalue weighted by molar-refractivity contribution is 6.10. The van der Waals surface area contributed by atoms with Crippen LogP contribution < -0.4 is 4.74 Å². The lowest BCUT2D eigenvalue weighted by atomic mass is 9.72. The van der Waals surface area contributed by atoms with Crippen LogP contribution in [0, 0.1) is 12.8 Å². The molecule has 2 atom stereocenters. The fourth-order valence-electron chi connectivity index (χ4n) is 3.68. The Morgan fingerprint density at radius 1 is 1.11 bits per heavy atom. The van der Waals surface area contributed by atoms with E-state index in [0.29, 0.717) is 6.42 Å². The predicted molar refractivity (Wildman–Crippen MR) is 105 cm³/mol. The summed E-state index contributed by atoms with van der Waals surface area (Å²) in [4.78, 5) is 25.5. The van der Waals surface area contributed by atoms with Gasteiger partial charge in [0.05, 0.1) is 13.7 Å². The first kappa shape index (κ1) is 18.9. The van der Waals surface area contributed by atoms with Crippen LogP contribution in [-0.4, -0.2) is 25.5 Å². The molecule has 0 fully saturated rings. The SMILES string of the molecule is CCOC(=O)[C@@H]1C(=O)C=C(c2ccc(OC)cc2)C[C@@H]1c1ccccc1C. The van der Waals surface area contributed by atoms with Crippen molar-refractivity contribution in [1.82, 2.24) is 0 Å². The van der Waals surface area contributed by atoms with Crippen molar-refractivity contribution in [2.24, 2.45) is 5.92 Å². The summed E-state index contributed by atoms with van der Waals surface area (Å²) in [6.07, 6.45) is 2.20. The third-order valence-corrected chi connectivity index (χ3v) is 5.05. The third-order valence-electron chi connectivity index (χ3n) is 5.05. The van der Waals surface area contributed by atoms with Crippen molar-refractivity contribution in [3.05, 3.63) is 71.3 Å². The Labute approximate surface area is 159 Å². The minimum absolute atomic E-state index is 0.196. The number of ketones is 1. The van der Waals surface area contributed by atoms with Crippen LogP contribution in [0.1, 0.15) is 36.0 Å². The Bertz CT molecular complexity index is 864. The van der Waals surface area contributed by atoms with Gasteiger partial charge in [0.15, 0.2) is 5.78 Å². The summed E-state index contributed by atoms with van der Waals surface area (Å²) < 4.78 is 10.4. The van der Waals surface area contributed by atoms with E-state index in [2.05, 4.69) is 0 Å². The lowest BCUT2D eigenvalue weighted by molar-refractivity contribution is -0.151. The van der Waals surface area contributed by atoms with Crippen LogP contribution in [0.4, 0.5) is 0 Å². The average Bonchev–Trinajstić information content (AvgIpc) is 2.68. The zero-order valence-corrected chi connectivity index (χ0v) is 15.9. The molecule has 4 heteroatoms. The van der Waals surface area contributed by atoms with Gasteiger partial charge in [-0.3, -0.25) is 9.59 Å². The zero-order valence-electron chi connectivity index (χ0n) is 15.9. The number of rotatable bonds is 5. The molecule has 0 aliphatic heterocycles. The highest BCUT2D eigenvalue weighted by atomic mass is 16.5. The summed E-state index contributed by atoms with van der Waals surface area (Å²) in [5.41, 5.74) is 3.98. The summed E-state index contributed by atoms with van der Waals surface area (Å²) in [6.45, 7) is 4.03. The highest BCUT2D eigenvalue weighted by Crippen LogP contribution is 2.41. The van der Waals surface area contributed by atoms with Gasteiger partial charge in [0.2, 0.25) is 0 Å². The van der Waals surface area contributed by atoms with Gasteiger partial charge < -0.3 is 9.47 Å². The minimum Gasteiger partial charge on any atom is -0.497 e. The number of methoxy groups -OCH3 is 1. The molecule has 0 unspecified atom stereocenters. The van der Waals surface area contributed by atoms with Crippen LogP contribution in [0.2, 0.25) is 0 Å². The number of ether oxygens (including phenoxy) is 2. The number of carbonyl (C=O) groups is 2. The van der Waals surface area contributed by atoms with E-state index in [1.807, 2.05) is 55.5 Å². The molecule has 0 aromatic heterocycles. The van der Waals surface area contributed by atoms with Crippen LogP contribution in [0.15, 0.2) is 54.6 Å². The van der Waals surface area contributed by atoms with E-state index in [-0.39, 0.29) is 18.3 Å². The van der Waals surface area contributed by atoms with E-state index < -0.39 is 11.9 Å². The van der Waals surface area contributed by atoms with Crippen molar-refractivity contribution in [1.29, 1.82) is 0 Å². The van der Waals surface area contributed by atoms with Crippen molar-refractivity contribution in [2.75, 3.05) is 13.7 Å². The van der Waals surface area contributed by atoms with Gasteiger partial charge in [-0.2, -0.15) is 0 Å². The van der Waals surface area contributed by atoms with Gasteiger partial charge >= 0.3 is 5.97 Å². The molecule has 2 aromatic carbocycles. The summed E-state index contributed by atoms with van der Waals surface area (Å²) in [6, 6.07) is 15.5. The second kappa shape index (κ2) is 8.21. The molecule has 0 bridgehead atoms. The van der Waals surface area contributed by atoms with Gasteiger partial charge in [0.1, 0.15) is 11.7 Å². The number of allylic oxidation sites excluding steroid dienone is 2. The molecule has 0 spiro atoms. The maximum Gasteiger partial charge on any atom is 0.317 e. The van der Waals surface area contributed by atoms with E-state index >= 15 is 0 Å². The van der Waals surface area contributed by atoms with Crippen LogP contribution >= 0.6 is 0 Å². The van der Waals surface area contributed by atoms with Crippen molar-refractivity contribution in [3.63, 3.8) is 0 Å². The Morgan fingerprint density at radius 3 is 2.44 bits per heavy atom. The monoisotopic (exact) mass is 364 g/mol. The number of esters is 1. The molecule has 0 N–H and O–H groups in total. The Kier molecular flexibility index (Phi) is 5.75. The standard InChI is InChI=1S/C23H24O4/c1-4-27-23(25)22-20(19-8-6-5-7-15(19)2)13-17(14-21(22)24)16-9-11-18(26-3)12-10-16/h5-12,14,20,22H,4,13H2,1-3H3/t20-,22+/m1/s1. The number of benzene rings is 2. The largest absolute Gasteiger partial charge is 0.497 e. The summed E-state index contributed by atoms with van der Waals surface area (Å²) in [5.74, 6) is -0.909. The van der Waals surface area contributed by atoms with Crippen molar-refractivity contribution >= 4 is 17.3 Å². The van der Waals surface area contributed by atoms with E-state index in [1.54, 1.807) is 20.1 Å². The smallest absolute Gasteiger partial charge is 0.317 e. The van der Waals surface area contributed by atoms with E-state index in [4.69, 9.17) is 9.47 Å². The van der Waals surface area contributed by atoms with Crippen molar-refractivity contribution in [3.8, 4) is 5.75 Å². The Hall–Kier alpha value is -2.88. The normalized spacial score (nSPS) is 19.4. The first-order valence-corrected chi connectivity index (χ1v) is 9.16. The molecule has 2 aromatic rings. The number of aryl methyl sites for hydroxylation is 1. The molecule has 1 aliphatic rings. The van der Waals surface area contributed by atoms with Gasteiger partial charge in [-0.25, -0.2) is 0 Å². The van der Waals surface area contributed by atoms with Crippen LogP contribution in [0.5, 0.6) is 5.75 Å². The molecule has 140 valence electrons. The fraction of sp³-hybridized carbons (Fsp3) is 0.304. The number of hydrogen-bond acceptors (Lipinski definition) is 4. The second-order valence-corrected chi connectivity index (χ2v) is 6.70. The third kappa shape index (κ3) is 3.95. The molecular weight excluding hydrogens is 340 g/mol. The predicted octanol–water partition coefficient (Wildman–Crippen LogP) is 4.32. The van der Waals surface area contributed by atoms with Gasteiger partial charge in [-0.05, 0) is 60.7 Å². The molecule has 0 saturated heterocycles. The zero-order chi connectivity index (χ0) is 19.4. The second-order valence-electron chi connectivity index (χ2n) is 6.70. The maximum atomic E-state index is 12.9. The Balaban J connectivity index is 2.02. The molecule has 0 saturated carbocycles. The summed E-state index contributed by atoms with van der Waals surface area (Å²) >= 11 is 0. The van der Waals surface area contributed by atoms with Gasteiger partial charge in [-0.1, -0.05) is 36.4 Å². The summed E-state index contributed by atoms with van der Waals surface area (Å²) in [7, 11) is 1.62. The average molecular weight is 364 g/mol. The van der Waals surface area contributed by atoms with Crippen molar-refractivity contribution in [2.45, 2.75) is 26.2 Å². The molecule has 0 radical (unpaired) electrons. The minimum atomic E-state index is -0.798. The van der Waals surface area contributed by atoms with Crippen molar-refractivity contribution < 1.29 is 19.1 Å². The summed E-state index contributed by atoms with van der Waals surface area (Å²) in [5, 5.41) is 0. The number of carbonyl (C=O) groups excluding carboxylic acids is 2. The first-order chi connectivity index (χ1) is 13.0. The molecule has 4 nitrogen and oxygen atoms in total. The first-order valence-electron chi connectivity index (χ1n) is 9.16. The van der Waals surface area contributed by atoms with Crippen LogP contribution in [0.3, 0.4) is 0 Å². The van der Waals surface area contributed by atoms with Gasteiger partial charge in [-0.15, -0.1) is 0 Å². The topological polar surface area (TPSA) is 52.6 Å². The van der Waals surface area contributed by atoms with Crippen LogP contribution in [-0.2, 0) is 14.3 Å². The molecule has 27 heavy (non-hydrogen) atoms. The van der Waals surface area contributed by atoms with Crippen LogP contribution in [0.25, 0.3) is 5.57 Å².